The highest BCUT2D eigenvalue weighted by Crippen LogP contribution is 2.03. The normalized spacial score (nSPS) is 20.1. The maximum Gasteiger partial charge on any atom is 0.0990 e. The van der Waals surface area contributed by atoms with E-state index in [0.717, 1.165) is 13.3 Å². The van der Waals surface area contributed by atoms with Crippen LogP contribution in [0.5, 0.6) is 0 Å². The van der Waals surface area contributed by atoms with Crippen molar-refractivity contribution in [3.05, 3.63) is 0 Å². The lowest BCUT2D eigenvalue weighted by atomic mass is 10.2. The van der Waals surface area contributed by atoms with Crippen LogP contribution in [0.25, 0.3) is 0 Å². The zero-order valence-electron chi connectivity index (χ0n) is 9.67. The predicted molar refractivity (Wildman–Crippen MR) is 59.4 cm³/mol. The van der Waals surface area contributed by atoms with Crippen LogP contribution in [0, 0.1) is 0 Å². The van der Waals surface area contributed by atoms with Crippen LogP contribution in [-0.2, 0) is 4.74 Å². The lowest BCUT2D eigenvalue weighted by Gasteiger charge is -2.34. The summed E-state index contributed by atoms with van der Waals surface area (Å²) in [7, 11) is 0. The smallest absolute Gasteiger partial charge is 0.0990 e. The van der Waals surface area contributed by atoms with Gasteiger partial charge in [0.2, 0.25) is 0 Å². The highest BCUT2D eigenvalue weighted by molar-refractivity contribution is 4.69. The van der Waals surface area contributed by atoms with E-state index < -0.39 is 0 Å². The van der Waals surface area contributed by atoms with E-state index in [1.165, 1.54) is 45.6 Å². The molecule has 3 nitrogen and oxygen atoms in total. The van der Waals surface area contributed by atoms with Crippen molar-refractivity contribution in [2.45, 2.75) is 26.7 Å². The molecule has 0 spiro atoms. The molecule has 1 aliphatic heterocycles. The Labute approximate surface area is 88.0 Å². The van der Waals surface area contributed by atoms with E-state index in [2.05, 4.69) is 23.6 Å². The van der Waals surface area contributed by atoms with Crippen molar-refractivity contribution < 1.29 is 4.74 Å². The van der Waals surface area contributed by atoms with Crippen molar-refractivity contribution in [1.82, 2.24) is 9.80 Å². The number of piperazine rings is 1. The van der Waals surface area contributed by atoms with E-state index in [0.29, 0.717) is 0 Å². The van der Waals surface area contributed by atoms with E-state index in [-0.39, 0.29) is 0 Å². The SMILES string of the molecule is CCCCN1CCN(COCC)CC1. The van der Waals surface area contributed by atoms with Gasteiger partial charge in [-0.2, -0.15) is 0 Å². The molecule has 0 bridgehead atoms. The molecule has 0 amide bonds. The topological polar surface area (TPSA) is 15.7 Å². The quantitative estimate of drug-likeness (QED) is 0.644. The molecule has 0 radical (unpaired) electrons. The minimum atomic E-state index is 0.818. The summed E-state index contributed by atoms with van der Waals surface area (Å²) in [6.45, 7) is 12.0. The molecular weight excluding hydrogens is 176 g/mol. The molecule has 1 rings (SSSR count). The van der Waals surface area contributed by atoms with Gasteiger partial charge in [0.05, 0.1) is 6.73 Å². The molecule has 0 aromatic carbocycles. The van der Waals surface area contributed by atoms with Gasteiger partial charge in [-0.1, -0.05) is 13.3 Å². The largest absolute Gasteiger partial charge is 0.366 e. The Bertz CT molecular complexity index is 117. The van der Waals surface area contributed by atoms with Crippen molar-refractivity contribution in [3.63, 3.8) is 0 Å². The minimum absolute atomic E-state index is 0.818. The highest BCUT2D eigenvalue weighted by Gasteiger charge is 2.15. The first-order chi connectivity index (χ1) is 6.86. The predicted octanol–water partition coefficient (Wildman–Crippen LogP) is 1.40. The van der Waals surface area contributed by atoms with E-state index in [9.17, 15) is 0 Å². The molecule has 14 heavy (non-hydrogen) atoms. The Morgan fingerprint density at radius 1 is 1.00 bits per heavy atom. The third kappa shape index (κ3) is 4.40. The number of hydrogen-bond acceptors (Lipinski definition) is 3. The maximum absolute atomic E-state index is 5.40. The van der Waals surface area contributed by atoms with Crippen LogP contribution >= 0.6 is 0 Å². The Kier molecular flexibility index (Phi) is 6.15. The molecule has 0 aliphatic carbocycles. The van der Waals surface area contributed by atoms with Crippen LogP contribution in [0.2, 0.25) is 0 Å². The molecule has 84 valence electrons. The fourth-order valence-electron chi connectivity index (χ4n) is 1.74. The Morgan fingerprint density at radius 2 is 1.64 bits per heavy atom. The van der Waals surface area contributed by atoms with Gasteiger partial charge in [0.1, 0.15) is 0 Å². The molecule has 0 aromatic heterocycles. The molecule has 0 saturated carbocycles. The van der Waals surface area contributed by atoms with E-state index >= 15 is 0 Å². The first-order valence-corrected chi connectivity index (χ1v) is 5.89. The zero-order valence-corrected chi connectivity index (χ0v) is 9.67. The molecule has 0 aromatic rings. The summed E-state index contributed by atoms with van der Waals surface area (Å²) in [6, 6.07) is 0. The van der Waals surface area contributed by atoms with Crippen molar-refractivity contribution in [2.75, 3.05) is 46.1 Å². The van der Waals surface area contributed by atoms with Crippen molar-refractivity contribution >= 4 is 0 Å². The first-order valence-electron chi connectivity index (χ1n) is 5.89. The molecule has 1 aliphatic rings. The lowest BCUT2D eigenvalue weighted by Crippen LogP contribution is -2.47. The zero-order chi connectivity index (χ0) is 10.2. The van der Waals surface area contributed by atoms with Crippen molar-refractivity contribution in [3.8, 4) is 0 Å². The van der Waals surface area contributed by atoms with Gasteiger partial charge >= 0.3 is 0 Å². The molecule has 0 unspecified atom stereocenters. The summed E-state index contributed by atoms with van der Waals surface area (Å²) in [6.07, 6.45) is 2.64. The van der Waals surface area contributed by atoms with E-state index in [4.69, 9.17) is 4.74 Å². The summed E-state index contributed by atoms with van der Waals surface area (Å²) < 4.78 is 5.40. The van der Waals surface area contributed by atoms with E-state index in [1.807, 2.05) is 0 Å². The van der Waals surface area contributed by atoms with Gasteiger partial charge in [0.25, 0.3) is 0 Å². The van der Waals surface area contributed by atoms with Gasteiger partial charge in [0, 0.05) is 32.8 Å². The molecule has 1 fully saturated rings. The number of ether oxygens (including phenoxy) is 1. The Hall–Kier alpha value is -0.120. The van der Waals surface area contributed by atoms with Gasteiger partial charge in [-0.3, -0.25) is 4.90 Å². The van der Waals surface area contributed by atoms with Gasteiger partial charge < -0.3 is 9.64 Å². The third-order valence-corrected chi connectivity index (χ3v) is 2.77. The summed E-state index contributed by atoms with van der Waals surface area (Å²) in [4.78, 5) is 4.96. The Morgan fingerprint density at radius 3 is 2.21 bits per heavy atom. The second-order valence-electron chi connectivity index (χ2n) is 3.94. The molecular formula is C11H24N2O. The van der Waals surface area contributed by atoms with Crippen LogP contribution in [0.1, 0.15) is 26.7 Å². The first kappa shape index (κ1) is 12.0. The van der Waals surface area contributed by atoms with Gasteiger partial charge in [-0.05, 0) is 19.9 Å². The number of unbranched alkanes of at least 4 members (excludes halogenated alkanes) is 1. The van der Waals surface area contributed by atoms with Gasteiger partial charge in [-0.25, -0.2) is 0 Å². The van der Waals surface area contributed by atoms with Gasteiger partial charge in [0.15, 0.2) is 0 Å². The molecule has 1 heterocycles. The molecule has 0 N–H and O–H groups in total. The van der Waals surface area contributed by atoms with Crippen LogP contribution < -0.4 is 0 Å². The van der Waals surface area contributed by atoms with E-state index in [1.54, 1.807) is 0 Å². The number of hydrogen-bond donors (Lipinski definition) is 0. The second kappa shape index (κ2) is 7.21. The van der Waals surface area contributed by atoms with Crippen LogP contribution in [0.4, 0.5) is 0 Å². The average Bonchev–Trinajstić information content (AvgIpc) is 2.25. The standard InChI is InChI=1S/C11H24N2O/c1-3-5-6-12-7-9-13(10-8-12)11-14-4-2/h3-11H2,1-2H3. The van der Waals surface area contributed by atoms with Crippen LogP contribution in [-0.4, -0.2) is 55.9 Å². The molecule has 3 heteroatoms. The average molecular weight is 200 g/mol. The fraction of sp³-hybridized carbons (Fsp3) is 1.00. The van der Waals surface area contributed by atoms with Crippen LogP contribution in [0.3, 0.4) is 0 Å². The highest BCUT2D eigenvalue weighted by atomic mass is 16.5. The second-order valence-corrected chi connectivity index (χ2v) is 3.94. The maximum atomic E-state index is 5.40. The van der Waals surface area contributed by atoms with Crippen molar-refractivity contribution in [2.24, 2.45) is 0 Å². The minimum Gasteiger partial charge on any atom is -0.366 e. The summed E-state index contributed by atoms with van der Waals surface area (Å²) in [5, 5.41) is 0. The number of nitrogens with zero attached hydrogens (tertiary/aromatic N) is 2. The summed E-state index contributed by atoms with van der Waals surface area (Å²) in [5.41, 5.74) is 0. The molecule has 0 atom stereocenters. The lowest BCUT2D eigenvalue weighted by molar-refractivity contribution is 0.00719. The van der Waals surface area contributed by atoms with Crippen molar-refractivity contribution in [1.29, 1.82) is 0 Å². The third-order valence-electron chi connectivity index (χ3n) is 2.77. The van der Waals surface area contributed by atoms with Crippen LogP contribution in [0.15, 0.2) is 0 Å². The monoisotopic (exact) mass is 200 g/mol. The fourth-order valence-corrected chi connectivity index (χ4v) is 1.74. The summed E-state index contributed by atoms with van der Waals surface area (Å²) >= 11 is 0. The summed E-state index contributed by atoms with van der Waals surface area (Å²) in [5.74, 6) is 0. The Balaban J connectivity index is 2.05. The van der Waals surface area contributed by atoms with Gasteiger partial charge in [-0.15, -0.1) is 0 Å². The number of rotatable bonds is 6. The molecule has 1 saturated heterocycles.